The summed E-state index contributed by atoms with van der Waals surface area (Å²) in [6, 6.07) is 9.66. The molecule has 1 aromatic carbocycles. The monoisotopic (exact) mass is 416 g/mol. The number of thiophene rings is 1. The minimum absolute atomic E-state index is 0.300. The van der Waals surface area contributed by atoms with Crippen LogP contribution < -0.4 is 10.6 Å². The smallest absolute Gasteiger partial charge is 0.341 e. The molecule has 1 aliphatic heterocycles. The number of nitrogens with one attached hydrogen (secondary N) is 2. The van der Waals surface area contributed by atoms with Gasteiger partial charge < -0.3 is 20.1 Å². The molecule has 0 saturated carbocycles. The fraction of sp³-hybridized carbons (Fsp3) is 0.381. The number of methoxy groups -OCH3 is 1. The number of rotatable bonds is 5. The van der Waals surface area contributed by atoms with Crippen LogP contribution in [0.25, 0.3) is 0 Å². The number of fused-ring (bicyclic) bond motifs is 1. The Morgan fingerprint density at radius 1 is 1.17 bits per heavy atom. The van der Waals surface area contributed by atoms with Crippen LogP contribution in [0.4, 0.5) is 5.00 Å². The molecule has 1 aromatic heterocycles. The van der Waals surface area contributed by atoms with Gasteiger partial charge in [-0.3, -0.25) is 9.59 Å². The average molecular weight is 416 g/mol. The maximum absolute atomic E-state index is 12.4. The summed E-state index contributed by atoms with van der Waals surface area (Å²) in [6.45, 7) is 4.55. The lowest BCUT2D eigenvalue weighted by atomic mass is 9.93. The fourth-order valence-electron chi connectivity index (χ4n) is 3.16. The molecule has 2 N–H and O–H groups in total. The van der Waals surface area contributed by atoms with Crippen LogP contribution in [-0.4, -0.2) is 37.0 Å². The van der Waals surface area contributed by atoms with E-state index in [4.69, 9.17) is 9.47 Å². The van der Waals surface area contributed by atoms with Crippen molar-refractivity contribution in [3.63, 3.8) is 0 Å². The summed E-state index contributed by atoms with van der Waals surface area (Å²) < 4.78 is 10.7. The topological polar surface area (TPSA) is 93.7 Å². The lowest BCUT2D eigenvalue weighted by Gasteiger charge is -2.30. The number of hydrogen-bond acceptors (Lipinski definition) is 6. The summed E-state index contributed by atoms with van der Waals surface area (Å²) in [7, 11) is 1.29. The molecule has 3 rings (SSSR count). The molecular formula is C21H24N2O5S. The van der Waals surface area contributed by atoms with E-state index in [0.717, 1.165) is 16.0 Å². The molecule has 0 saturated heterocycles. The highest BCUT2D eigenvalue weighted by atomic mass is 32.1. The first-order chi connectivity index (χ1) is 13.8. The van der Waals surface area contributed by atoms with Crippen LogP contribution in [0, 0.1) is 0 Å². The van der Waals surface area contributed by atoms with Crippen molar-refractivity contribution >= 4 is 34.1 Å². The summed E-state index contributed by atoms with van der Waals surface area (Å²) in [5.41, 5.74) is 1.74. The highest BCUT2D eigenvalue weighted by Crippen LogP contribution is 2.40. The molecule has 0 unspecified atom stereocenters. The molecule has 0 radical (unpaired) electrons. The Hall–Kier alpha value is -2.71. The van der Waals surface area contributed by atoms with Crippen molar-refractivity contribution in [3.05, 3.63) is 51.9 Å². The third-order valence-corrected chi connectivity index (χ3v) is 5.77. The third-order valence-electron chi connectivity index (χ3n) is 4.65. The summed E-state index contributed by atoms with van der Waals surface area (Å²) in [5.74, 6) is -2.11. The Kier molecular flexibility index (Phi) is 6.34. The van der Waals surface area contributed by atoms with Crippen LogP contribution in [0.3, 0.4) is 0 Å². The van der Waals surface area contributed by atoms with Crippen LogP contribution in [0.5, 0.6) is 0 Å². The Morgan fingerprint density at radius 3 is 2.59 bits per heavy atom. The standard InChI is InChI=1S/C21H24N2O5S/c1-21(2)11-14-15(12-28-21)29-19(16(14)20(26)27-3)23-18(25)17(24)22-10-9-13-7-5-4-6-8-13/h4-8H,9-12H2,1-3H3,(H,22,24)(H,23,25). The summed E-state index contributed by atoms with van der Waals surface area (Å²) >= 11 is 1.24. The quantitative estimate of drug-likeness (QED) is 0.577. The van der Waals surface area contributed by atoms with Gasteiger partial charge in [-0.2, -0.15) is 0 Å². The first-order valence-electron chi connectivity index (χ1n) is 9.30. The molecule has 8 heteroatoms. The fourth-order valence-corrected chi connectivity index (χ4v) is 4.28. The largest absolute Gasteiger partial charge is 0.465 e. The van der Waals surface area contributed by atoms with Crippen molar-refractivity contribution in [3.8, 4) is 0 Å². The molecule has 0 atom stereocenters. The average Bonchev–Trinajstić information content (AvgIpc) is 3.03. The SMILES string of the molecule is COC(=O)c1c(NC(=O)C(=O)NCCc2ccccc2)sc2c1CC(C)(C)OC2. The van der Waals surface area contributed by atoms with Gasteiger partial charge in [0, 0.05) is 17.8 Å². The van der Waals surface area contributed by atoms with Crippen molar-refractivity contribution < 1.29 is 23.9 Å². The molecule has 0 aliphatic carbocycles. The van der Waals surface area contributed by atoms with Gasteiger partial charge in [0.15, 0.2) is 0 Å². The van der Waals surface area contributed by atoms with E-state index in [1.807, 2.05) is 44.2 Å². The number of ether oxygens (including phenoxy) is 2. The van der Waals surface area contributed by atoms with E-state index in [-0.39, 0.29) is 0 Å². The molecule has 2 aromatic rings. The number of hydrogen-bond donors (Lipinski definition) is 2. The molecule has 2 amide bonds. The summed E-state index contributed by atoms with van der Waals surface area (Å²) in [5, 5.41) is 5.48. The molecule has 0 bridgehead atoms. The van der Waals surface area contributed by atoms with Crippen molar-refractivity contribution in [2.24, 2.45) is 0 Å². The van der Waals surface area contributed by atoms with Gasteiger partial charge in [-0.15, -0.1) is 11.3 Å². The highest BCUT2D eigenvalue weighted by molar-refractivity contribution is 7.17. The second-order valence-electron chi connectivity index (χ2n) is 7.37. The number of esters is 1. The zero-order valence-electron chi connectivity index (χ0n) is 16.7. The predicted molar refractivity (Wildman–Crippen MR) is 110 cm³/mol. The summed E-state index contributed by atoms with van der Waals surface area (Å²) in [6.07, 6.45) is 1.13. The minimum Gasteiger partial charge on any atom is -0.465 e. The third kappa shape index (κ3) is 5.02. The van der Waals surface area contributed by atoms with Crippen molar-refractivity contribution in [2.45, 2.75) is 38.9 Å². The van der Waals surface area contributed by atoms with Gasteiger partial charge in [-0.1, -0.05) is 30.3 Å². The van der Waals surface area contributed by atoms with E-state index in [1.54, 1.807) is 0 Å². The van der Waals surface area contributed by atoms with Gasteiger partial charge in [0.25, 0.3) is 0 Å². The van der Waals surface area contributed by atoms with Gasteiger partial charge in [0.2, 0.25) is 0 Å². The van der Waals surface area contributed by atoms with Crippen molar-refractivity contribution in [1.82, 2.24) is 5.32 Å². The normalized spacial score (nSPS) is 14.6. The van der Waals surface area contributed by atoms with Crippen LogP contribution in [0.2, 0.25) is 0 Å². The summed E-state index contributed by atoms with van der Waals surface area (Å²) in [4.78, 5) is 37.7. The Balaban J connectivity index is 1.68. The van der Waals surface area contributed by atoms with Crippen LogP contribution in [0.15, 0.2) is 30.3 Å². The Labute approximate surface area is 173 Å². The molecule has 2 heterocycles. The number of carbonyl (C=O) groups excluding carboxylic acids is 3. The molecule has 7 nitrogen and oxygen atoms in total. The number of benzene rings is 1. The number of amides is 2. The Morgan fingerprint density at radius 2 is 1.90 bits per heavy atom. The molecule has 0 spiro atoms. The van der Waals surface area contributed by atoms with Crippen molar-refractivity contribution in [1.29, 1.82) is 0 Å². The second kappa shape index (κ2) is 8.75. The molecule has 29 heavy (non-hydrogen) atoms. The lowest BCUT2D eigenvalue weighted by molar-refractivity contribution is -0.136. The Bertz CT molecular complexity index is 921. The van der Waals surface area contributed by atoms with Gasteiger partial charge in [0.05, 0.1) is 24.9 Å². The highest BCUT2D eigenvalue weighted by Gasteiger charge is 2.34. The maximum atomic E-state index is 12.4. The molecule has 1 aliphatic rings. The number of anilines is 1. The molecular weight excluding hydrogens is 392 g/mol. The maximum Gasteiger partial charge on any atom is 0.341 e. The van der Waals surface area contributed by atoms with Crippen LogP contribution >= 0.6 is 11.3 Å². The molecule has 0 fully saturated rings. The minimum atomic E-state index is -0.818. The zero-order chi connectivity index (χ0) is 21.0. The van der Waals surface area contributed by atoms with Gasteiger partial charge >= 0.3 is 17.8 Å². The van der Waals surface area contributed by atoms with Crippen LogP contribution in [0.1, 0.15) is 40.2 Å². The first kappa shape index (κ1) is 21.0. The van der Waals surface area contributed by atoms with E-state index in [2.05, 4.69) is 10.6 Å². The van der Waals surface area contributed by atoms with E-state index in [1.165, 1.54) is 18.4 Å². The number of carbonyl (C=O) groups is 3. The van der Waals surface area contributed by atoms with Gasteiger partial charge in [0.1, 0.15) is 5.00 Å². The van der Waals surface area contributed by atoms with Gasteiger partial charge in [-0.05, 0) is 31.4 Å². The predicted octanol–water partition coefficient (Wildman–Crippen LogP) is 2.68. The van der Waals surface area contributed by atoms with Gasteiger partial charge in [-0.25, -0.2) is 4.79 Å². The lowest BCUT2D eigenvalue weighted by Crippen LogP contribution is -2.36. The van der Waals surface area contributed by atoms with E-state index in [9.17, 15) is 14.4 Å². The second-order valence-corrected chi connectivity index (χ2v) is 8.48. The van der Waals surface area contributed by atoms with E-state index < -0.39 is 23.4 Å². The molecule has 154 valence electrons. The van der Waals surface area contributed by atoms with Crippen molar-refractivity contribution in [2.75, 3.05) is 19.0 Å². The van der Waals surface area contributed by atoms with Crippen LogP contribution in [-0.2, 0) is 38.5 Å². The zero-order valence-corrected chi connectivity index (χ0v) is 17.5. The van der Waals surface area contributed by atoms with E-state index >= 15 is 0 Å². The first-order valence-corrected chi connectivity index (χ1v) is 10.1. The van der Waals surface area contributed by atoms with E-state index in [0.29, 0.717) is 36.6 Å².